The van der Waals surface area contributed by atoms with Gasteiger partial charge in [-0.25, -0.2) is 0 Å². The fraction of sp³-hybridized carbons (Fsp3) is 0.750. The molecule has 6 atom stereocenters. The Labute approximate surface area is 178 Å². The fourth-order valence-electron chi connectivity index (χ4n) is 5.06. The highest BCUT2D eigenvalue weighted by Gasteiger charge is 2.58. The number of guanidine groups is 1. The number of hydrogen-bond acceptors (Lipinski definition) is 3. The highest BCUT2D eigenvalue weighted by atomic mass is 127. The van der Waals surface area contributed by atoms with E-state index in [4.69, 9.17) is 0 Å². The molecule has 4 aliphatic rings. The smallest absolute Gasteiger partial charge is 0.233 e. The van der Waals surface area contributed by atoms with E-state index in [9.17, 15) is 9.59 Å². The third-order valence-electron chi connectivity index (χ3n) is 6.40. The highest BCUT2D eigenvalue weighted by Crippen LogP contribution is 2.52. The van der Waals surface area contributed by atoms with Crippen molar-refractivity contribution >= 4 is 41.8 Å². The Morgan fingerprint density at radius 1 is 1.15 bits per heavy atom. The average molecular weight is 486 g/mol. The minimum Gasteiger partial charge on any atom is -0.357 e. The molecule has 1 saturated heterocycles. The molecular weight excluding hydrogens is 455 g/mol. The molecule has 2 amide bonds. The summed E-state index contributed by atoms with van der Waals surface area (Å²) in [5.41, 5.74) is 0. The third-order valence-corrected chi connectivity index (χ3v) is 6.40. The van der Waals surface area contributed by atoms with Crippen LogP contribution in [0.1, 0.15) is 39.5 Å². The summed E-state index contributed by atoms with van der Waals surface area (Å²) >= 11 is 0. The van der Waals surface area contributed by atoms with Crippen LogP contribution < -0.4 is 10.6 Å². The van der Waals surface area contributed by atoms with E-state index in [0.717, 1.165) is 24.8 Å². The lowest BCUT2D eigenvalue weighted by Gasteiger charge is -2.17. The lowest BCUT2D eigenvalue weighted by atomic mass is 9.85. The normalized spacial score (nSPS) is 36.1. The van der Waals surface area contributed by atoms with E-state index >= 15 is 0 Å². The summed E-state index contributed by atoms with van der Waals surface area (Å²) in [6.45, 7) is 5.92. The van der Waals surface area contributed by atoms with Gasteiger partial charge in [0.05, 0.1) is 18.4 Å². The fourth-order valence-corrected chi connectivity index (χ4v) is 5.06. The molecule has 6 nitrogen and oxygen atoms in total. The Kier molecular flexibility index (Phi) is 6.48. The van der Waals surface area contributed by atoms with Crippen LogP contribution in [-0.2, 0) is 9.59 Å². The van der Waals surface area contributed by atoms with Crippen molar-refractivity contribution in [3.63, 3.8) is 0 Å². The van der Waals surface area contributed by atoms with Crippen molar-refractivity contribution in [2.24, 2.45) is 34.6 Å². The van der Waals surface area contributed by atoms with Gasteiger partial charge in [-0.15, -0.1) is 24.0 Å². The number of aliphatic imine (C=N–C) groups is 1. The Bertz CT molecular complexity index is 620. The maximum absolute atomic E-state index is 12.7. The average Bonchev–Trinajstić information content (AvgIpc) is 2.97. The molecule has 150 valence electrons. The second-order valence-electron chi connectivity index (χ2n) is 8.12. The van der Waals surface area contributed by atoms with E-state index in [1.54, 1.807) is 0 Å². The molecule has 3 aliphatic carbocycles. The van der Waals surface area contributed by atoms with E-state index in [1.165, 1.54) is 24.2 Å². The van der Waals surface area contributed by atoms with Crippen LogP contribution in [0.4, 0.5) is 0 Å². The molecule has 1 heterocycles. The third kappa shape index (κ3) is 3.89. The largest absolute Gasteiger partial charge is 0.357 e. The van der Waals surface area contributed by atoms with Crippen molar-refractivity contribution in [2.75, 3.05) is 19.6 Å². The lowest BCUT2D eigenvalue weighted by Crippen LogP contribution is -2.40. The van der Waals surface area contributed by atoms with Crippen LogP contribution in [0.2, 0.25) is 0 Å². The summed E-state index contributed by atoms with van der Waals surface area (Å²) in [4.78, 5) is 31.4. The Morgan fingerprint density at radius 2 is 1.81 bits per heavy atom. The Balaban J connectivity index is 0.00000210. The van der Waals surface area contributed by atoms with Crippen molar-refractivity contribution in [2.45, 2.75) is 45.6 Å². The number of nitrogens with zero attached hydrogens (tertiary/aromatic N) is 2. The molecule has 0 spiro atoms. The number of carbonyl (C=O) groups is 2. The molecular formula is C20H31IN4O2. The highest BCUT2D eigenvalue weighted by molar-refractivity contribution is 14.0. The number of allylic oxidation sites excluding steroid dienone is 2. The van der Waals surface area contributed by atoms with Gasteiger partial charge in [0.25, 0.3) is 0 Å². The molecule has 2 N–H and O–H groups in total. The van der Waals surface area contributed by atoms with E-state index in [1.807, 2.05) is 6.92 Å². The standard InChI is InChI=1S/C20H30N4O2.HI/c1-3-5-12-11-15(12)23-20(21-4-2)22-8-9-24-18(25)16-13-6-7-14(10-13)17(16)19(24)26;/h6-7,12-17H,3-5,8-11H2,1-2H3,(H2,21,22,23);1H. The molecule has 0 aromatic carbocycles. The number of nitrogens with one attached hydrogen (secondary N) is 2. The van der Waals surface area contributed by atoms with Gasteiger partial charge < -0.3 is 10.6 Å². The van der Waals surface area contributed by atoms with E-state index in [0.29, 0.717) is 19.1 Å². The van der Waals surface area contributed by atoms with Crippen LogP contribution in [0.15, 0.2) is 17.1 Å². The van der Waals surface area contributed by atoms with Crippen molar-refractivity contribution < 1.29 is 9.59 Å². The van der Waals surface area contributed by atoms with Crippen LogP contribution in [0.25, 0.3) is 0 Å². The van der Waals surface area contributed by atoms with Gasteiger partial charge in [0.2, 0.25) is 11.8 Å². The van der Waals surface area contributed by atoms with E-state index < -0.39 is 0 Å². The van der Waals surface area contributed by atoms with Gasteiger partial charge in [0, 0.05) is 19.1 Å². The SMILES string of the molecule is CCCC1CC1NC(=NCCN1C(=O)C2C3C=CC(C3)C2C1=O)NCC.I. The summed E-state index contributed by atoms with van der Waals surface area (Å²) < 4.78 is 0. The van der Waals surface area contributed by atoms with Crippen molar-refractivity contribution in [3.05, 3.63) is 12.2 Å². The number of carbonyl (C=O) groups excluding carboxylic acids is 2. The predicted octanol–water partition coefficient (Wildman–Crippen LogP) is 2.16. The second kappa shape index (κ2) is 8.49. The molecule has 7 heteroatoms. The summed E-state index contributed by atoms with van der Waals surface area (Å²) in [7, 11) is 0. The first kappa shape index (κ1) is 20.6. The topological polar surface area (TPSA) is 73.8 Å². The first-order chi connectivity index (χ1) is 12.6. The van der Waals surface area contributed by atoms with Crippen LogP contribution in [0, 0.1) is 29.6 Å². The molecule has 0 radical (unpaired) electrons. The number of halogens is 1. The number of imide groups is 1. The van der Waals surface area contributed by atoms with Crippen LogP contribution in [-0.4, -0.2) is 48.3 Å². The minimum absolute atomic E-state index is 0. The summed E-state index contributed by atoms with van der Waals surface area (Å²) in [6.07, 6.45) is 8.93. The zero-order valence-corrected chi connectivity index (χ0v) is 18.5. The van der Waals surface area contributed by atoms with Crippen LogP contribution in [0.3, 0.4) is 0 Å². The Hall–Kier alpha value is -1.12. The minimum atomic E-state index is -0.103. The molecule has 0 aromatic heterocycles. The molecule has 2 saturated carbocycles. The van der Waals surface area contributed by atoms with Gasteiger partial charge in [0.15, 0.2) is 5.96 Å². The maximum Gasteiger partial charge on any atom is 0.233 e. The molecule has 1 aliphatic heterocycles. The predicted molar refractivity (Wildman–Crippen MR) is 116 cm³/mol. The van der Waals surface area contributed by atoms with Gasteiger partial charge in [-0.2, -0.15) is 0 Å². The first-order valence-corrected chi connectivity index (χ1v) is 10.2. The second-order valence-corrected chi connectivity index (χ2v) is 8.12. The van der Waals surface area contributed by atoms with Crippen molar-refractivity contribution in [1.29, 1.82) is 0 Å². The van der Waals surface area contributed by atoms with Crippen molar-refractivity contribution in [3.8, 4) is 0 Å². The number of amides is 2. The molecule has 0 aromatic rings. The van der Waals surface area contributed by atoms with Crippen molar-refractivity contribution in [1.82, 2.24) is 15.5 Å². The number of hydrogen-bond donors (Lipinski definition) is 2. The van der Waals surface area contributed by atoms with Crippen LogP contribution in [0.5, 0.6) is 0 Å². The lowest BCUT2D eigenvalue weighted by molar-refractivity contribution is -0.140. The number of rotatable bonds is 7. The summed E-state index contributed by atoms with van der Waals surface area (Å²) in [6, 6.07) is 0.517. The van der Waals surface area contributed by atoms with Gasteiger partial charge in [0.1, 0.15) is 0 Å². The molecule has 6 unspecified atom stereocenters. The van der Waals surface area contributed by atoms with Gasteiger partial charge in [-0.05, 0) is 43.9 Å². The van der Waals surface area contributed by atoms with Gasteiger partial charge in [-0.3, -0.25) is 19.5 Å². The summed E-state index contributed by atoms with van der Waals surface area (Å²) in [5, 5.41) is 6.75. The zero-order chi connectivity index (χ0) is 18.3. The molecule has 2 bridgehead atoms. The number of fused-ring (bicyclic) bond motifs is 5. The molecule has 4 rings (SSSR count). The summed E-state index contributed by atoms with van der Waals surface area (Å²) in [5.74, 6) is 1.96. The quantitative estimate of drug-likeness (QED) is 0.190. The van der Waals surface area contributed by atoms with Crippen LogP contribution >= 0.6 is 24.0 Å². The van der Waals surface area contributed by atoms with E-state index in [2.05, 4.69) is 34.7 Å². The molecule has 27 heavy (non-hydrogen) atoms. The van der Waals surface area contributed by atoms with Gasteiger partial charge in [-0.1, -0.05) is 25.5 Å². The van der Waals surface area contributed by atoms with Gasteiger partial charge >= 0.3 is 0 Å². The Morgan fingerprint density at radius 3 is 2.41 bits per heavy atom. The monoisotopic (exact) mass is 486 g/mol. The maximum atomic E-state index is 12.7. The zero-order valence-electron chi connectivity index (χ0n) is 16.2. The molecule has 3 fully saturated rings. The number of likely N-dealkylation sites (tertiary alicyclic amines) is 1. The first-order valence-electron chi connectivity index (χ1n) is 10.2. The van der Waals surface area contributed by atoms with E-state index in [-0.39, 0.29) is 59.5 Å².